The van der Waals surface area contributed by atoms with Gasteiger partial charge in [-0.3, -0.25) is 0 Å². The molecule has 1 N–H and O–H groups in total. The van der Waals surface area contributed by atoms with Gasteiger partial charge in [0.15, 0.2) is 0 Å². The number of nitrogens with one attached hydrogen (secondary N) is 1. The molecule has 0 aromatic rings. The second kappa shape index (κ2) is 10.4. The van der Waals surface area contributed by atoms with E-state index in [-0.39, 0.29) is 0 Å². The number of ether oxygens (including phenoxy) is 1. The van der Waals surface area contributed by atoms with Gasteiger partial charge in [0.1, 0.15) is 0 Å². The third-order valence-electron chi connectivity index (χ3n) is 2.99. The molecule has 0 bridgehead atoms. The maximum absolute atomic E-state index is 5.71. The molecule has 92 valence electrons. The normalized spacial score (nSPS) is 15.2. The van der Waals surface area contributed by atoms with Crippen LogP contribution < -0.4 is 5.32 Å². The Morgan fingerprint density at radius 3 is 2.40 bits per heavy atom. The average molecular weight is 215 g/mol. The largest absolute Gasteiger partial charge is 0.380 e. The molecule has 0 heterocycles. The molecule has 0 aromatic carbocycles. The topological polar surface area (TPSA) is 21.3 Å². The van der Waals surface area contributed by atoms with Gasteiger partial charge < -0.3 is 10.1 Å². The zero-order chi connectivity index (χ0) is 11.5. The van der Waals surface area contributed by atoms with Crippen LogP contribution in [0.5, 0.6) is 0 Å². The van der Waals surface area contributed by atoms with E-state index < -0.39 is 0 Å². The van der Waals surface area contributed by atoms with Crippen LogP contribution in [0, 0.1) is 5.92 Å². The van der Waals surface area contributed by atoms with Gasteiger partial charge in [-0.25, -0.2) is 0 Å². The average Bonchev–Trinajstić information content (AvgIpc) is 2.26. The summed E-state index contributed by atoms with van der Waals surface area (Å²) in [5.41, 5.74) is 0. The van der Waals surface area contributed by atoms with E-state index in [0.717, 1.165) is 19.8 Å². The molecule has 0 saturated heterocycles. The predicted molar refractivity (Wildman–Crippen MR) is 67.3 cm³/mol. The summed E-state index contributed by atoms with van der Waals surface area (Å²) in [7, 11) is 0. The zero-order valence-electron chi connectivity index (χ0n) is 11.0. The summed E-state index contributed by atoms with van der Waals surface area (Å²) in [6.45, 7) is 11.7. The molecule has 2 nitrogen and oxygen atoms in total. The highest BCUT2D eigenvalue weighted by Crippen LogP contribution is 2.08. The third-order valence-corrected chi connectivity index (χ3v) is 2.99. The highest BCUT2D eigenvalue weighted by molar-refractivity contribution is 4.71. The molecule has 0 rings (SSSR count). The van der Waals surface area contributed by atoms with Crippen molar-refractivity contribution in [3.8, 4) is 0 Å². The van der Waals surface area contributed by atoms with Crippen LogP contribution in [0.25, 0.3) is 0 Å². The maximum Gasteiger partial charge on any atom is 0.0622 e. The van der Waals surface area contributed by atoms with Crippen molar-refractivity contribution in [3.63, 3.8) is 0 Å². The lowest BCUT2D eigenvalue weighted by molar-refractivity contribution is 0.0925. The van der Waals surface area contributed by atoms with Crippen molar-refractivity contribution in [3.05, 3.63) is 0 Å². The van der Waals surface area contributed by atoms with E-state index >= 15 is 0 Å². The van der Waals surface area contributed by atoms with Crippen LogP contribution in [0.3, 0.4) is 0 Å². The van der Waals surface area contributed by atoms with Gasteiger partial charge in [0, 0.05) is 12.6 Å². The lowest BCUT2D eigenvalue weighted by atomic mass is 10.00. The van der Waals surface area contributed by atoms with E-state index in [1.54, 1.807) is 0 Å². The van der Waals surface area contributed by atoms with E-state index in [1.807, 2.05) is 0 Å². The number of hydrogen-bond acceptors (Lipinski definition) is 2. The fourth-order valence-electron chi connectivity index (χ4n) is 1.64. The Hall–Kier alpha value is -0.0800. The standard InChI is InChI=1S/C13H29NO/c1-5-8-9-10-15-11-13(14-7-3)12(4)6-2/h12-14H,5-11H2,1-4H3. The monoisotopic (exact) mass is 215 g/mol. The fraction of sp³-hybridized carbons (Fsp3) is 1.00. The molecule has 0 fully saturated rings. The molecule has 0 aromatic heterocycles. The molecule has 0 saturated carbocycles. The minimum atomic E-state index is 0.529. The Morgan fingerprint density at radius 1 is 1.13 bits per heavy atom. The van der Waals surface area contributed by atoms with Crippen molar-refractivity contribution in [2.24, 2.45) is 5.92 Å². The van der Waals surface area contributed by atoms with Crippen LogP contribution >= 0.6 is 0 Å². The summed E-state index contributed by atoms with van der Waals surface area (Å²) in [6.07, 6.45) is 4.98. The summed E-state index contributed by atoms with van der Waals surface area (Å²) < 4.78 is 5.71. The minimum Gasteiger partial charge on any atom is -0.380 e. The molecule has 2 heteroatoms. The summed E-state index contributed by atoms with van der Waals surface area (Å²) in [4.78, 5) is 0. The van der Waals surface area contributed by atoms with Crippen LogP contribution in [0.4, 0.5) is 0 Å². The Morgan fingerprint density at radius 2 is 1.87 bits per heavy atom. The van der Waals surface area contributed by atoms with Crippen LogP contribution in [0.1, 0.15) is 53.4 Å². The van der Waals surface area contributed by atoms with Crippen LogP contribution in [0.2, 0.25) is 0 Å². The second-order valence-electron chi connectivity index (χ2n) is 4.33. The molecule has 2 atom stereocenters. The van der Waals surface area contributed by atoms with Crippen molar-refractivity contribution < 1.29 is 4.74 Å². The summed E-state index contributed by atoms with van der Waals surface area (Å²) in [5, 5.41) is 3.50. The van der Waals surface area contributed by atoms with Crippen LogP contribution in [-0.2, 0) is 4.74 Å². The Bertz CT molecular complexity index is 128. The van der Waals surface area contributed by atoms with Gasteiger partial charge in [0.25, 0.3) is 0 Å². The van der Waals surface area contributed by atoms with Gasteiger partial charge in [0.05, 0.1) is 6.61 Å². The van der Waals surface area contributed by atoms with Gasteiger partial charge in [0.2, 0.25) is 0 Å². The van der Waals surface area contributed by atoms with E-state index in [4.69, 9.17) is 4.74 Å². The molecule has 15 heavy (non-hydrogen) atoms. The van der Waals surface area contributed by atoms with Crippen LogP contribution in [0.15, 0.2) is 0 Å². The lowest BCUT2D eigenvalue weighted by Gasteiger charge is -2.23. The van der Waals surface area contributed by atoms with Gasteiger partial charge in [-0.1, -0.05) is 47.0 Å². The highest BCUT2D eigenvalue weighted by Gasteiger charge is 2.14. The zero-order valence-corrected chi connectivity index (χ0v) is 11.0. The first kappa shape index (κ1) is 14.9. The van der Waals surface area contributed by atoms with E-state index in [9.17, 15) is 0 Å². The van der Waals surface area contributed by atoms with E-state index in [2.05, 4.69) is 33.0 Å². The molecule has 0 aliphatic rings. The predicted octanol–water partition coefficient (Wildman–Crippen LogP) is 3.22. The molecule has 0 amide bonds. The molecular formula is C13H29NO. The van der Waals surface area contributed by atoms with Crippen LogP contribution in [-0.4, -0.2) is 25.8 Å². The smallest absolute Gasteiger partial charge is 0.0622 e. The van der Waals surface area contributed by atoms with Crippen molar-refractivity contribution >= 4 is 0 Å². The SMILES string of the molecule is CCCCCOCC(NCC)C(C)CC. The van der Waals surface area contributed by atoms with Crippen molar-refractivity contribution in [2.75, 3.05) is 19.8 Å². The summed E-state index contributed by atoms with van der Waals surface area (Å²) >= 11 is 0. The van der Waals surface area contributed by atoms with Gasteiger partial charge >= 0.3 is 0 Å². The molecule has 0 spiro atoms. The highest BCUT2D eigenvalue weighted by atomic mass is 16.5. The number of rotatable bonds is 10. The van der Waals surface area contributed by atoms with Gasteiger partial charge in [-0.2, -0.15) is 0 Å². The Labute approximate surface area is 95.8 Å². The lowest BCUT2D eigenvalue weighted by Crippen LogP contribution is -2.38. The third kappa shape index (κ3) is 7.80. The second-order valence-corrected chi connectivity index (χ2v) is 4.33. The molecule has 0 aliphatic heterocycles. The number of likely N-dealkylation sites (N-methyl/N-ethyl adjacent to an activating group) is 1. The van der Waals surface area contributed by atoms with Crippen molar-refractivity contribution in [2.45, 2.75) is 59.4 Å². The first-order valence-electron chi connectivity index (χ1n) is 6.57. The molecular weight excluding hydrogens is 186 g/mol. The van der Waals surface area contributed by atoms with Crippen molar-refractivity contribution in [1.29, 1.82) is 0 Å². The van der Waals surface area contributed by atoms with Gasteiger partial charge in [-0.05, 0) is 18.9 Å². The van der Waals surface area contributed by atoms with E-state index in [1.165, 1.54) is 25.7 Å². The summed E-state index contributed by atoms with van der Waals surface area (Å²) in [6, 6.07) is 0.529. The first-order chi connectivity index (χ1) is 7.26. The minimum absolute atomic E-state index is 0.529. The maximum atomic E-state index is 5.71. The number of unbranched alkanes of at least 4 members (excludes halogenated alkanes) is 2. The molecule has 2 unspecified atom stereocenters. The molecule has 0 radical (unpaired) electrons. The van der Waals surface area contributed by atoms with Crippen molar-refractivity contribution in [1.82, 2.24) is 5.32 Å². The number of hydrogen-bond donors (Lipinski definition) is 1. The van der Waals surface area contributed by atoms with Gasteiger partial charge in [-0.15, -0.1) is 0 Å². The Balaban J connectivity index is 3.56. The fourth-order valence-corrected chi connectivity index (χ4v) is 1.64. The molecule has 0 aliphatic carbocycles. The Kier molecular flexibility index (Phi) is 10.4. The summed E-state index contributed by atoms with van der Waals surface area (Å²) in [5.74, 6) is 0.705. The quantitative estimate of drug-likeness (QED) is 0.565. The first-order valence-corrected chi connectivity index (χ1v) is 6.57. The van der Waals surface area contributed by atoms with E-state index in [0.29, 0.717) is 12.0 Å².